The number of nitrogens with one attached hydrogen (secondary N) is 1. The van der Waals surface area contributed by atoms with E-state index in [1.54, 1.807) is 13.3 Å². The average Bonchev–Trinajstić information content (AvgIpc) is 2.83. The largest absolute Gasteiger partial charge is 0.383 e. The Morgan fingerprint density at radius 2 is 2.47 bits per heavy atom. The summed E-state index contributed by atoms with van der Waals surface area (Å²) in [6.45, 7) is 3.21. The first-order valence-electron chi connectivity index (χ1n) is 6.49. The minimum absolute atomic E-state index is 0.266. The Hall–Kier alpha value is -0.720. The molecule has 0 aromatic carbocycles. The van der Waals surface area contributed by atoms with Crippen LogP contribution >= 0.6 is 15.9 Å². The summed E-state index contributed by atoms with van der Waals surface area (Å²) in [6, 6.07) is 1.77. The molecule has 1 fully saturated rings. The number of methoxy groups -OCH3 is 1. The Labute approximate surface area is 121 Å². The van der Waals surface area contributed by atoms with E-state index in [0.717, 1.165) is 32.5 Å². The van der Waals surface area contributed by atoms with Gasteiger partial charge >= 0.3 is 0 Å². The summed E-state index contributed by atoms with van der Waals surface area (Å²) in [5.41, 5.74) is 0. The van der Waals surface area contributed by atoms with Gasteiger partial charge < -0.3 is 15.0 Å². The summed E-state index contributed by atoms with van der Waals surface area (Å²) >= 11 is 3.23. The van der Waals surface area contributed by atoms with E-state index in [0.29, 0.717) is 22.9 Å². The van der Waals surface area contributed by atoms with Crippen LogP contribution in [0.1, 0.15) is 12.8 Å². The van der Waals surface area contributed by atoms with Gasteiger partial charge in [-0.15, -0.1) is 0 Å². The lowest BCUT2D eigenvalue weighted by molar-refractivity contribution is 0.199. The number of rotatable bonds is 6. The highest BCUT2D eigenvalue weighted by molar-refractivity contribution is 9.10. The number of anilines is 1. The summed E-state index contributed by atoms with van der Waals surface area (Å²) in [6.07, 6.45) is 3.79. The normalized spacial score (nSPS) is 19.1. The van der Waals surface area contributed by atoms with E-state index in [-0.39, 0.29) is 5.82 Å². The molecular weight excluding hydrogens is 313 g/mol. The molecule has 0 aliphatic carbocycles. The Morgan fingerprint density at radius 1 is 1.63 bits per heavy atom. The molecule has 1 aromatic heterocycles. The van der Waals surface area contributed by atoms with E-state index >= 15 is 0 Å². The van der Waals surface area contributed by atoms with Gasteiger partial charge in [-0.3, -0.25) is 0 Å². The molecule has 4 nitrogen and oxygen atoms in total. The van der Waals surface area contributed by atoms with Crippen LogP contribution in [0.25, 0.3) is 0 Å². The van der Waals surface area contributed by atoms with Crippen molar-refractivity contribution in [2.75, 3.05) is 38.3 Å². The molecule has 1 saturated heterocycles. The van der Waals surface area contributed by atoms with Crippen LogP contribution in [0.3, 0.4) is 0 Å². The second-order valence-corrected chi connectivity index (χ2v) is 5.56. The Kier molecular flexibility index (Phi) is 5.54. The fraction of sp³-hybridized carbons (Fsp3) is 0.615. The van der Waals surface area contributed by atoms with Gasteiger partial charge in [-0.05, 0) is 34.8 Å². The highest BCUT2D eigenvalue weighted by atomic mass is 79.9. The molecular formula is C13H19BrFN3O. The van der Waals surface area contributed by atoms with Crippen molar-refractivity contribution in [1.82, 2.24) is 10.3 Å². The average molecular weight is 332 g/mol. The molecule has 1 atom stereocenters. The van der Waals surface area contributed by atoms with Crippen LogP contribution in [0, 0.1) is 5.82 Å². The molecule has 0 saturated carbocycles. The fourth-order valence-corrected chi connectivity index (χ4v) is 2.69. The fourth-order valence-electron chi connectivity index (χ4n) is 2.39. The molecule has 2 heterocycles. The molecule has 0 radical (unpaired) electrons. The summed E-state index contributed by atoms with van der Waals surface area (Å²) in [5.74, 6) is 0.192. The zero-order chi connectivity index (χ0) is 13.7. The molecule has 1 N–H and O–H groups in total. The van der Waals surface area contributed by atoms with Gasteiger partial charge in [0.25, 0.3) is 0 Å². The Morgan fingerprint density at radius 3 is 3.21 bits per heavy atom. The molecule has 19 heavy (non-hydrogen) atoms. The third-order valence-corrected chi connectivity index (χ3v) is 3.73. The van der Waals surface area contributed by atoms with E-state index in [1.165, 1.54) is 6.07 Å². The molecule has 1 aliphatic rings. The summed E-state index contributed by atoms with van der Waals surface area (Å²) in [7, 11) is 1.69. The molecule has 0 bridgehead atoms. The van der Waals surface area contributed by atoms with Crippen molar-refractivity contribution >= 4 is 21.7 Å². The van der Waals surface area contributed by atoms with Gasteiger partial charge in [0, 0.05) is 43.5 Å². The predicted octanol–water partition coefficient (Wildman–Crippen LogP) is 2.19. The van der Waals surface area contributed by atoms with Crippen LogP contribution in [0.5, 0.6) is 0 Å². The van der Waals surface area contributed by atoms with Crippen molar-refractivity contribution in [2.24, 2.45) is 0 Å². The molecule has 1 unspecified atom stereocenters. The lowest BCUT2D eigenvalue weighted by Crippen LogP contribution is -2.39. The molecule has 1 aliphatic heterocycles. The zero-order valence-electron chi connectivity index (χ0n) is 11.0. The molecule has 2 rings (SSSR count). The van der Waals surface area contributed by atoms with E-state index in [4.69, 9.17) is 4.74 Å². The molecule has 1 aromatic rings. The van der Waals surface area contributed by atoms with Crippen molar-refractivity contribution in [3.05, 3.63) is 22.6 Å². The van der Waals surface area contributed by atoms with Crippen molar-refractivity contribution in [1.29, 1.82) is 0 Å². The maximum absolute atomic E-state index is 13.9. The first-order chi connectivity index (χ1) is 9.22. The van der Waals surface area contributed by atoms with Crippen LogP contribution in [0.2, 0.25) is 0 Å². The minimum atomic E-state index is -0.266. The predicted molar refractivity (Wildman–Crippen MR) is 77.0 cm³/mol. The van der Waals surface area contributed by atoms with Crippen LogP contribution in [-0.2, 0) is 4.74 Å². The highest BCUT2D eigenvalue weighted by Gasteiger charge is 2.27. The maximum atomic E-state index is 13.9. The third-order valence-electron chi connectivity index (χ3n) is 3.30. The van der Waals surface area contributed by atoms with Gasteiger partial charge in [0.15, 0.2) is 11.6 Å². The SMILES string of the molecule is COCCNCC1CCCN1c1ncc(Br)cc1F. The first-order valence-corrected chi connectivity index (χ1v) is 7.29. The number of halogens is 2. The minimum Gasteiger partial charge on any atom is -0.383 e. The smallest absolute Gasteiger partial charge is 0.166 e. The van der Waals surface area contributed by atoms with Crippen molar-refractivity contribution < 1.29 is 9.13 Å². The number of hydrogen-bond donors (Lipinski definition) is 1. The number of hydrogen-bond acceptors (Lipinski definition) is 4. The molecule has 0 spiro atoms. The van der Waals surface area contributed by atoms with Gasteiger partial charge in [-0.2, -0.15) is 0 Å². The Bertz CT molecular complexity index is 419. The van der Waals surface area contributed by atoms with Crippen LogP contribution in [0.4, 0.5) is 10.2 Å². The first kappa shape index (κ1) is 14.7. The lowest BCUT2D eigenvalue weighted by Gasteiger charge is -2.26. The number of aromatic nitrogens is 1. The lowest BCUT2D eigenvalue weighted by atomic mass is 10.2. The van der Waals surface area contributed by atoms with Gasteiger partial charge in [0.05, 0.1) is 6.61 Å². The second kappa shape index (κ2) is 7.17. The van der Waals surface area contributed by atoms with Crippen molar-refractivity contribution in [3.63, 3.8) is 0 Å². The van der Waals surface area contributed by atoms with Crippen LogP contribution in [-0.4, -0.2) is 44.4 Å². The van der Waals surface area contributed by atoms with E-state index in [9.17, 15) is 4.39 Å². The monoisotopic (exact) mass is 331 g/mol. The number of nitrogens with zero attached hydrogens (tertiary/aromatic N) is 2. The highest BCUT2D eigenvalue weighted by Crippen LogP contribution is 2.27. The number of ether oxygens (including phenoxy) is 1. The topological polar surface area (TPSA) is 37.4 Å². The third kappa shape index (κ3) is 3.87. The second-order valence-electron chi connectivity index (χ2n) is 4.65. The van der Waals surface area contributed by atoms with Gasteiger partial charge in [-0.25, -0.2) is 9.37 Å². The van der Waals surface area contributed by atoms with E-state index in [2.05, 4.69) is 31.1 Å². The van der Waals surface area contributed by atoms with Crippen LogP contribution in [0.15, 0.2) is 16.7 Å². The molecule has 106 valence electrons. The van der Waals surface area contributed by atoms with Gasteiger partial charge in [0.1, 0.15) is 0 Å². The van der Waals surface area contributed by atoms with Crippen molar-refractivity contribution in [3.8, 4) is 0 Å². The van der Waals surface area contributed by atoms with Crippen LogP contribution < -0.4 is 10.2 Å². The van der Waals surface area contributed by atoms with E-state index < -0.39 is 0 Å². The quantitative estimate of drug-likeness (QED) is 0.811. The zero-order valence-corrected chi connectivity index (χ0v) is 12.6. The van der Waals surface area contributed by atoms with Gasteiger partial charge in [-0.1, -0.05) is 0 Å². The summed E-state index contributed by atoms with van der Waals surface area (Å²) < 4.78 is 19.6. The standard InChI is InChI=1S/C13H19BrFN3O/c1-19-6-4-16-9-11-3-2-5-18(11)13-12(15)7-10(14)8-17-13/h7-8,11,16H,2-6,9H2,1H3. The summed E-state index contributed by atoms with van der Waals surface area (Å²) in [4.78, 5) is 6.26. The summed E-state index contributed by atoms with van der Waals surface area (Å²) in [5, 5.41) is 3.33. The Balaban J connectivity index is 1.97. The maximum Gasteiger partial charge on any atom is 0.166 e. The van der Waals surface area contributed by atoms with E-state index in [1.807, 2.05) is 0 Å². The molecule has 6 heteroatoms. The molecule has 0 amide bonds. The van der Waals surface area contributed by atoms with Gasteiger partial charge in [0.2, 0.25) is 0 Å². The number of pyridine rings is 1. The van der Waals surface area contributed by atoms with Crippen molar-refractivity contribution in [2.45, 2.75) is 18.9 Å².